The fraction of sp³-hybridized carbons (Fsp3) is 0.706. The summed E-state index contributed by atoms with van der Waals surface area (Å²) in [5, 5.41) is 8.12. The van der Waals surface area contributed by atoms with Gasteiger partial charge in [-0.25, -0.2) is 9.18 Å². The molecule has 0 radical (unpaired) electrons. The molecule has 0 aromatic carbocycles. The van der Waals surface area contributed by atoms with Crippen LogP contribution in [0.2, 0.25) is 5.15 Å². The molecule has 2 aliphatic heterocycles. The van der Waals surface area contributed by atoms with Crippen LogP contribution in [0, 0.1) is 0 Å². The van der Waals surface area contributed by atoms with E-state index in [1.807, 2.05) is 0 Å². The van der Waals surface area contributed by atoms with E-state index in [4.69, 9.17) is 21.1 Å². The molecule has 2 fully saturated rings. The van der Waals surface area contributed by atoms with Gasteiger partial charge in [0.2, 0.25) is 0 Å². The number of carbonyl (C=O) groups is 1. The van der Waals surface area contributed by atoms with Crippen LogP contribution in [0.15, 0.2) is 12.1 Å². The summed E-state index contributed by atoms with van der Waals surface area (Å²) in [5.74, 6) is 0.534. The lowest BCUT2D eigenvalue weighted by Crippen LogP contribution is -2.68. The first kappa shape index (κ1) is 19.1. The van der Waals surface area contributed by atoms with Gasteiger partial charge in [-0.1, -0.05) is 11.6 Å². The molecule has 3 heterocycles. The van der Waals surface area contributed by atoms with Crippen LogP contribution >= 0.6 is 11.6 Å². The second-order valence-electron chi connectivity index (χ2n) is 7.72. The van der Waals surface area contributed by atoms with Crippen molar-refractivity contribution in [2.45, 2.75) is 57.1 Å². The van der Waals surface area contributed by atoms with Gasteiger partial charge in [0.05, 0.1) is 31.3 Å². The van der Waals surface area contributed by atoms with Crippen LogP contribution in [-0.4, -0.2) is 71.4 Å². The summed E-state index contributed by atoms with van der Waals surface area (Å²) >= 11 is 5.77. The molecule has 2 aliphatic rings. The van der Waals surface area contributed by atoms with Gasteiger partial charge in [-0.15, -0.1) is 10.2 Å². The van der Waals surface area contributed by atoms with Crippen molar-refractivity contribution < 1.29 is 18.7 Å². The van der Waals surface area contributed by atoms with Crippen molar-refractivity contribution in [1.82, 2.24) is 15.1 Å². The second kappa shape index (κ2) is 7.15. The fourth-order valence-corrected chi connectivity index (χ4v) is 3.59. The van der Waals surface area contributed by atoms with Crippen molar-refractivity contribution in [3.63, 3.8) is 0 Å². The molecule has 144 valence electrons. The Balaban J connectivity index is 1.79. The van der Waals surface area contributed by atoms with Gasteiger partial charge in [0.15, 0.2) is 11.0 Å². The molecule has 26 heavy (non-hydrogen) atoms. The van der Waals surface area contributed by atoms with Gasteiger partial charge in [0, 0.05) is 7.05 Å². The molecule has 3 rings (SSSR count). The zero-order chi connectivity index (χ0) is 19.1. The summed E-state index contributed by atoms with van der Waals surface area (Å²) in [6, 6.07) is 1.94. The lowest BCUT2D eigenvalue weighted by Gasteiger charge is -2.51. The first-order valence-corrected chi connectivity index (χ1v) is 9.00. The van der Waals surface area contributed by atoms with Gasteiger partial charge in [0.1, 0.15) is 11.8 Å². The van der Waals surface area contributed by atoms with Crippen LogP contribution in [0.25, 0.3) is 0 Å². The average Bonchev–Trinajstić information content (AvgIpc) is 2.56. The van der Waals surface area contributed by atoms with Crippen molar-refractivity contribution in [1.29, 1.82) is 0 Å². The topological polar surface area (TPSA) is 67.8 Å². The minimum atomic E-state index is -1.30. The second-order valence-corrected chi connectivity index (χ2v) is 8.11. The smallest absolute Gasteiger partial charge is 0.411 e. The fourth-order valence-electron chi connectivity index (χ4n) is 3.49. The van der Waals surface area contributed by atoms with Crippen molar-refractivity contribution >= 4 is 23.5 Å². The number of ether oxygens (including phenoxy) is 2. The van der Waals surface area contributed by atoms with E-state index in [1.165, 1.54) is 4.90 Å². The molecule has 2 saturated heterocycles. The van der Waals surface area contributed by atoms with Gasteiger partial charge in [-0.05, 0) is 39.3 Å². The van der Waals surface area contributed by atoms with Crippen molar-refractivity contribution in [3.8, 4) is 0 Å². The number of anilines is 1. The molecule has 4 atom stereocenters. The molecule has 7 nitrogen and oxygen atoms in total. The Labute approximate surface area is 157 Å². The molecular formula is C17H24ClFN4O3. The summed E-state index contributed by atoms with van der Waals surface area (Å²) < 4.78 is 26.3. The number of hydrogen-bond donors (Lipinski definition) is 0. The highest BCUT2D eigenvalue weighted by molar-refractivity contribution is 6.29. The number of hydrogen-bond acceptors (Lipinski definition) is 6. The van der Waals surface area contributed by atoms with Crippen LogP contribution in [0.4, 0.5) is 15.0 Å². The van der Waals surface area contributed by atoms with Crippen molar-refractivity contribution in [2.24, 2.45) is 0 Å². The molecule has 1 aromatic heterocycles. The van der Waals surface area contributed by atoms with Crippen LogP contribution in [0.3, 0.4) is 0 Å². The molecular weight excluding hydrogens is 363 g/mol. The highest BCUT2D eigenvalue weighted by Gasteiger charge is 2.50. The summed E-state index contributed by atoms with van der Waals surface area (Å²) in [4.78, 5) is 15.9. The molecule has 0 aliphatic carbocycles. The largest absolute Gasteiger partial charge is 0.444 e. The maximum atomic E-state index is 15.3. The summed E-state index contributed by atoms with van der Waals surface area (Å²) in [6.07, 6.45) is -1.38. The number of carbonyl (C=O) groups excluding carboxylic acids is 1. The van der Waals surface area contributed by atoms with Gasteiger partial charge in [-0.2, -0.15) is 0 Å². The minimum absolute atomic E-state index is 0.146. The number of amides is 1. The Morgan fingerprint density at radius 1 is 1.38 bits per heavy atom. The first-order chi connectivity index (χ1) is 12.2. The third-order valence-corrected chi connectivity index (χ3v) is 4.88. The third kappa shape index (κ3) is 3.86. The van der Waals surface area contributed by atoms with Gasteiger partial charge in [0.25, 0.3) is 0 Å². The number of halogens is 2. The quantitative estimate of drug-likeness (QED) is 0.778. The Morgan fingerprint density at radius 3 is 2.73 bits per heavy atom. The van der Waals surface area contributed by atoms with E-state index < -0.39 is 29.9 Å². The summed E-state index contributed by atoms with van der Waals surface area (Å²) in [7, 11) is 1.77. The number of alkyl halides is 1. The highest BCUT2D eigenvalue weighted by Crippen LogP contribution is 2.34. The minimum Gasteiger partial charge on any atom is -0.444 e. The van der Waals surface area contributed by atoms with Gasteiger partial charge >= 0.3 is 6.09 Å². The van der Waals surface area contributed by atoms with E-state index in [-0.39, 0.29) is 17.8 Å². The maximum Gasteiger partial charge on any atom is 0.411 e. The predicted octanol–water partition coefficient (Wildman–Crippen LogP) is 2.68. The number of nitrogens with zero attached hydrogens (tertiary/aromatic N) is 4. The number of piperidine rings is 1. The summed E-state index contributed by atoms with van der Waals surface area (Å²) in [5.41, 5.74) is -0.634. The number of morpholine rings is 1. The predicted molar refractivity (Wildman–Crippen MR) is 95.2 cm³/mol. The lowest BCUT2D eigenvalue weighted by atomic mass is 9.88. The van der Waals surface area contributed by atoms with Crippen LogP contribution in [0.5, 0.6) is 0 Å². The number of aromatic nitrogens is 2. The van der Waals surface area contributed by atoms with Crippen LogP contribution in [0.1, 0.15) is 27.2 Å². The Morgan fingerprint density at radius 2 is 2.12 bits per heavy atom. The monoisotopic (exact) mass is 386 g/mol. The highest BCUT2D eigenvalue weighted by atomic mass is 35.5. The van der Waals surface area contributed by atoms with Crippen molar-refractivity contribution in [2.75, 3.05) is 25.2 Å². The van der Waals surface area contributed by atoms with Crippen LogP contribution < -0.4 is 4.90 Å². The molecule has 1 aromatic rings. The third-order valence-electron chi connectivity index (χ3n) is 4.68. The van der Waals surface area contributed by atoms with E-state index in [9.17, 15) is 4.79 Å². The molecule has 0 spiro atoms. The van der Waals surface area contributed by atoms with E-state index >= 15 is 4.39 Å². The zero-order valence-corrected chi connectivity index (χ0v) is 16.1. The number of rotatable bonds is 2. The molecule has 9 heteroatoms. The summed E-state index contributed by atoms with van der Waals surface area (Å²) in [6.45, 7) is 5.89. The average molecular weight is 387 g/mol. The van der Waals surface area contributed by atoms with E-state index in [0.29, 0.717) is 18.8 Å². The van der Waals surface area contributed by atoms with Crippen LogP contribution in [-0.2, 0) is 9.47 Å². The standard InChI is InChI=1S/C17H24ClFN4O3/c1-17(2,3)26-16(24)23-10-7-11(15(19)12(23)9-25-8-10)22(4)14-6-5-13(18)20-21-14/h5-6,10-12,15H,7-9H2,1-4H3/t10?,11-,12-,15-/m1/s1. The normalized spacial score (nSPS) is 28.6. The first-order valence-electron chi connectivity index (χ1n) is 8.62. The Kier molecular flexibility index (Phi) is 5.25. The molecule has 2 bridgehead atoms. The van der Waals surface area contributed by atoms with E-state index in [0.717, 1.165) is 0 Å². The van der Waals surface area contributed by atoms with Crippen molar-refractivity contribution in [3.05, 3.63) is 17.3 Å². The number of fused-ring (bicyclic) bond motifs is 2. The van der Waals surface area contributed by atoms with Gasteiger partial charge < -0.3 is 14.4 Å². The van der Waals surface area contributed by atoms with E-state index in [1.54, 1.807) is 44.9 Å². The maximum absolute atomic E-state index is 15.3. The lowest BCUT2D eigenvalue weighted by molar-refractivity contribution is -0.107. The zero-order valence-electron chi connectivity index (χ0n) is 15.4. The SMILES string of the molecule is CN(c1ccc(Cl)nn1)[C@@H]1CC2COC[C@H]([C@@H]1F)N2C(=O)OC(C)(C)C. The molecule has 1 unspecified atom stereocenters. The Hall–Kier alpha value is -1.67. The van der Waals surface area contributed by atoms with Gasteiger partial charge in [-0.3, -0.25) is 4.90 Å². The molecule has 0 N–H and O–H groups in total. The molecule has 1 amide bonds. The molecule has 0 saturated carbocycles. The Bertz CT molecular complexity index is 654. The van der Waals surface area contributed by atoms with E-state index in [2.05, 4.69) is 10.2 Å².